The van der Waals surface area contributed by atoms with Gasteiger partial charge in [-0.15, -0.1) is 0 Å². The zero-order valence-electron chi connectivity index (χ0n) is 13.7. The highest BCUT2D eigenvalue weighted by molar-refractivity contribution is 6.02. The fourth-order valence-electron chi connectivity index (χ4n) is 2.58. The largest absolute Gasteiger partial charge is 0.456 e. The molecule has 0 bridgehead atoms. The lowest BCUT2D eigenvalue weighted by Gasteiger charge is -2.10. The summed E-state index contributed by atoms with van der Waals surface area (Å²) >= 11 is 0. The zero-order chi connectivity index (χ0) is 17.8. The molecule has 0 spiro atoms. The van der Waals surface area contributed by atoms with Gasteiger partial charge in [-0.1, -0.05) is 43.3 Å². The minimum Gasteiger partial charge on any atom is -0.456 e. The first kappa shape index (κ1) is 16.8. The third kappa shape index (κ3) is 3.42. The van der Waals surface area contributed by atoms with E-state index in [0.29, 0.717) is 23.7 Å². The third-order valence-corrected chi connectivity index (χ3v) is 3.81. The van der Waals surface area contributed by atoms with Crippen LogP contribution in [0.5, 0.6) is 0 Å². The molecule has 6 heteroatoms. The van der Waals surface area contributed by atoms with Crippen molar-refractivity contribution in [1.82, 2.24) is 9.78 Å². The van der Waals surface area contributed by atoms with Crippen LogP contribution in [-0.4, -0.2) is 15.7 Å². The van der Waals surface area contributed by atoms with E-state index in [0.717, 1.165) is 0 Å². The van der Waals surface area contributed by atoms with Crippen molar-refractivity contribution < 1.29 is 13.9 Å². The van der Waals surface area contributed by atoms with E-state index in [9.17, 15) is 14.0 Å². The lowest BCUT2D eigenvalue weighted by molar-refractivity contribution is 0.0461. The highest BCUT2D eigenvalue weighted by Crippen LogP contribution is 2.16. The van der Waals surface area contributed by atoms with E-state index >= 15 is 0 Å². The summed E-state index contributed by atoms with van der Waals surface area (Å²) in [5, 5.41) is 5.00. The molecule has 1 aromatic heterocycles. The van der Waals surface area contributed by atoms with Gasteiger partial charge in [-0.25, -0.2) is 13.9 Å². The maximum absolute atomic E-state index is 13.7. The van der Waals surface area contributed by atoms with E-state index in [2.05, 4.69) is 5.10 Å². The Morgan fingerprint density at radius 1 is 1.12 bits per heavy atom. The SMILES string of the molecule is CCCn1nc(C(=O)OCc2ccccc2F)c2ccccc2c1=O. The number of aromatic nitrogens is 2. The average molecular weight is 340 g/mol. The molecule has 0 aliphatic heterocycles. The first-order chi connectivity index (χ1) is 12.1. The first-order valence-electron chi connectivity index (χ1n) is 8.02. The summed E-state index contributed by atoms with van der Waals surface area (Å²) in [4.78, 5) is 24.9. The minimum absolute atomic E-state index is 0.0555. The van der Waals surface area contributed by atoms with Crippen LogP contribution >= 0.6 is 0 Å². The van der Waals surface area contributed by atoms with Crippen LogP contribution in [0.25, 0.3) is 10.8 Å². The van der Waals surface area contributed by atoms with E-state index in [1.165, 1.54) is 10.7 Å². The van der Waals surface area contributed by atoms with Gasteiger partial charge in [0.05, 0.1) is 5.39 Å². The average Bonchev–Trinajstić information content (AvgIpc) is 2.63. The number of nitrogens with zero attached hydrogens (tertiary/aromatic N) is 2. The predicted octanol–water partition coefficient (Wildman–Crippen LogP) is 3.30. The summed E-state index contributed by atoms with van der Waals surface area (Å²) in [6.07, 6.45) is 0.703. The lowest BCUT2D eigenvalue weighted by Crippen LogP contribution is -2.26. The summed E-state index contributed by atoms with van der Waals surface area (Å²) < 4.78 is 20.1. The molecule has 128 valence electrons. The standard InChI is InChI=1S/C19H17FN2O3/c1-2-11-22-18(23)15-9-5-4-8-14(15)17(21-22)19(24)25-12-13-7-3-6-10-16(13)20/h3-10H,2,11-12H2,1H3. The quantitative estimate of drug-likeness (QED) is 0.669. The van der Waals surface area contributed by atoms with Crippen molar-refractivity contribution >= 4 is 16.7 Å². The van der Waals surface area contributed by atoms with Gasteiger partial charge in [0.15, 0.2) is 5.69 Å². The van der Waals surface area contributed by atoms with Crippen LogP contribution in [0.2, 0.25) is 0 Å². The molecule has 0 saturated heterocycles. The number of aryl methyl sites for hydroxylation is 1. The maximum Gasteiger partial charge on any atom is 0.359 e. The summed E-state index contributed by atoms with van der Waals surface area (Å²) in [6.45, 7) is 2.12. The van der Waals surface area contributed by atoms with Crippen LogP contribution in [0.3, 0.4) is 0 Å². The summed E-state index contributed by atoms with van der Waals surface area (Å²) in [5.41, 5.74) is 0.0881. The van der Waals surface area contributed by atoms with Crippen molar-refractivity contribution in [3.63, 3.8) is 0 Å². The second-order valence-electron chi connectivity index (χ2n) is 5.59. The lowest BCUT2D eigenvalue weighted by atomic mass is 10.1. The number of carbonyl (C=O) groups is 1. The predicted molar refractivity (Wildman–Crippen MR) is 91.8 cm³/mol. The van der Waals surface area contributed by atoms with Crippen molar-refractivity contribution in [2.75, 3.05) is 0 Å². The number of fused-ring (bicyclic) bond motifs is 1. The normalized spacial score (nSPS) is 10.8. The molecule has 0 fully saturated rings. The molecular weight excluding hydrogens is 323 g/mol. The maximum atomic E-state index is 13.7. The molecule has 2 aromatic carbocycles. The number of hydrogen-bond donors (Lipinski definition) is 0. The fourth-order valence-corrected chi connectivity index (χ4v) is 2.58. The molecule has 0 aliphatic rings. The summed E-state index contributed by atoms with van der Waals surface area (Å²) in [5.74, 6) is -1.13. The number of benzene rings is 2. The van der Waals surface area contributed by atoms with Gasteiger partial charge < -0.3 is 4.74 Å². The van der Waals surface area contributed by atoms with Crippen LogP contribution in [0.1, 0.15) is 29.4 Å². The molecule has 3 rings (SSSR count). The Morgan fingerprint density at radius 3 is 2.52 bits per heavy atom. The molecule has 0 amide bonds. The second kappa shape index (κ2) is 7.25. The smallest absolute Gasteiger partial charge is 0.359 e. The Morgan fingerprint density at radius 2 is 1.80 bits per heavy atom. The number of halogens is 1. The second-order valence-corrected chi connectivity index (χ2v) is 5.59. The molecule has 25 heavy (non-hydrogen) atoms. The molecule has 1 heterocycles. The molecule has 5 nitrogen and oxygen atoms in total. The van der Waals surface area contributed by atoms with Gasteiger partial charge in [0.2, 0.25) is 0 Å². The Hall–Kier alpha value is -3.02. The monoisotopic (exact) mass is 340 g/mol. The Bertz CT molecular complexity index is 982. The van der Waals surface area contributed by atoms with E-state index in [4.69, 9.17) is 4.74 Å². The summed E-state index contributed by atoms with van der Waals surface area (Å²) in [7, 11) is 0. The molecule has 0 aliphatic carbocycles. The molecular formula is C19H17FN2O3. The number of esters is 1. The Balaban J connectivity index is 1.96. The van der Waals surface area contributed by atoms with Crippen molar-refractivity contribution in [1.29, 1.82) is 0 Å². The fraction of sp³-hybridized carbons (Fsp3) is 0.211. The number of rotatable bonds is 5. The van der Waals surface area contributed by atoms with Gasteiger partial charge in [-0.3, -0.25) is 4.79 Å². The number of ether oxygens (including phenoxy) is 1. The first-order valence-corrected chi connectivity index (χ1v) is 8.02. The van der Waals surface area contributed by atoms with Crippen LogP contribution in [-0.2, 0) is 17.9 Å². The number of hydrogen-bond acceptors (Lipinski definition) is 4. The minimum atomic E-state index is -0.690. The van der Waals surface area contributed by atoms with Crippen LogP contribution in [0, 0.1) is 5.82 Å². The highest BCUT2D eigenvalue weighted by atomic mass is 19.1. The molecule has 0 N–H and O–H groups in total. The van der Waals surface area contributed by atoms with E-state index < -0.39 is 11.8 Å². The van der Waals surface area contributed by atoms with Crippen LogP contribution < -0.4 is 5.56 Å². The van der Waals surface area contributed by atoms with Gasteiger partial charge in [-0.05, 0) is 18.6 Å². The Labute approximate surface area is 143 Å². The molecule has 3 aromatic rings. The Kier molecular flexibility index (Phi) is 4.88. The van der Waals surface area contributed by atoms with Gasteiger partial charge in [0.25, 0.3) is 5.56 Å². The van der Waals surface area contributed by atoms with Crippen LogP contribution in [0.15, 0.2) is 53.3 Å². The third-order valence-electron chi connectivity index (χ3n) is 3.81. The van der Waals surface area contributed by atoms with Gasteiger partial charge in [0, 0.05) is 17.5 Å². The molecule has 0 atom stereocenters. The van der Waals surface area contributed by atoms with E-state index in [1.54, 1.807) is 42.5 Å². The molecule has 0 unspecified atom stereocenters. The molecule has 0 saturated carbocycles. The topological polar surface area (TPSA) is 61.2 Å². The highest BCUT2D eigenvalue weighted by Gasteiger charge is 2.18. The van der Waals surface area contributed by atoms with E-state index in [-0.39, 0.29) is 23.4 Å². The molecule has 0 radical (unpaired) electrons. The van der Waals surface area contributed by atoms with Gasteiger partial charge in [0.1, 0.15) is 12.4 Å². The van der Waals surface area contributed by atoms with Crippen molar-refractivity contribution in [2.45, 2.75) is 26.5 Å². The van der Waals surface area contributed by atoms with Crippen molar-refractivity contribution in [3.8, 4) is 0 Å². The van der Waals surface area contributed by atoms with E-state index in [1.807, 2.05) is 6.92 Å². The summed E-state index contributed by atoms with van der Waals surface area (Å²) in [6, 6.07) is 12.8. The van der Waals surface area contributed by atoms with Gasteiger partial charge >= 0.3 is 5.97 Å². The number of carbonyl (C=O) groups excluding carboxylic acids is 1. The van der Waals surface area contributed by atoms with Gasteiger partial charge in [-0.2, -0.15) is 5.10 Å². The van der Waals surface area contributed by atoms with Crippen molar-refractivity contribution in [3.05, 3.63) is 76.0 Å². The van der Waals surface area contributed by atoms with Crippen LogP contribution in [0.4, 0.5) is 4.39 Å². The zero-order valence-corrected chi connectivity index (χ0v) is 13.7. The van der Waals surface area contributed by atoms with Crippen molar-refractivity contribution in [2.24, 2.45) is 0 Å².